The highest BCUT2D eigenvalue weighted by atomic mass is 35.5. The van der Waals surface area contributed by atoms with E-state index in [4.69, 9.17) is 16.3 Å². The first kappa shape index (κ1) is 12.2. The molecule has 0 aliphatic rings. The maximum absolute atomic E-state index is 12.3. The summed E-state index contributed by atoms with van der Waals surface area (Å²) in [5.74, 6) is 0.169. The normalized spacial score (nSPS) is 11.5. The molecule has 0 bridgehead atoms. The highest BCUT2D eigenvalue weighted by Gasteiger charge is 2.26. The molecule has 1 rings (SSSR count). The fourth-order valence-corrected chi connectivity index (χ4v) is 1.20. The molecular weight excluding hydrogens is 231 g/mol. The van der Waals surface area contributed by atoms with Gasteiger partial charge in [0.1, 0.15) is 5.75 Å². The number of hydrogen-bond acceptors (Lipinski definition) is 2. The first-order chi connectivity index (χ1) is 6.95. The SMILES string of the molecule is COCOc1ccc([B-](F)(F)F)cc1Cl. The lowest BCUT2D eigenvalue weighted by Crippen LogP contribution is -2.33. The predicted molar refractivity (Wildman–Crippen MR) is 52.7 cm³/mol. The van der Waals surface area contributed by atoms with Gasteiger partial charge in [-0.15, -0.1) is 5.46 Å². The zero-order valence-corrected chi connectivity index (χ0v) is 8.60. The summed E-state index contributed by atoms with van der Waals surface area (Å²) < 4.78 is 46.4. The molecule has 2 nitrogen and oxygen atoms in total. The molecule has 0 aliphatic heterocycles. The lowest BCUT2D eigenvalue weighted by atomic mass is 9.80. The molecular formula is C8H8BClF3O2-. The van der Waals surface area contributed by atoms with Crippen LogP contribution in [-0.2, 0) is 4.74 Å². The van der Waals surface area contributed by atoms with Crippen LogP contribution in [0.25, 0.3) is 0 Å². The summed E-state index contributed by atoms with van der Waals surface area (Å²) in [4.78, 5) is 0. The van der Waals surface area contributed by atoms with Crippen molar-refractivity contribution in [2.24, 2.45) is 0 Å². The second kappa shape index (κ2) is 4.76. The minimum Gasteiger partial charge on any atom is -0.466 e. The van der Waals surface area contributed by atoms with Crippen molar-refractivity contribution < 1.29 is 22.4 Å². The van der Waals surface area contributed by atoms with Gasteiger partial charge < -0.3 is 22.4 Å². The number of benzene rings is 1. The Balaban J connectivity index is 2.88. The quantitative estimate of drug-likeness (QED) is 0.593. The molecule has 0 unspecified atom stereocenters. The summed E-state index contributed by atoms with van der Waals surface area (Å²) in [7, 11) is 1.40. The van der Waals surface area contributed by atoms with E-state index in [9.17, 15) is 12.9 Å². The van der Waals surface area contributed by atoms with Crippen LogP contribution in [0.3, 0.4) is 0 Å². The zero-order valence-electron chi connectivity index (χ0n) is 7.84. The summed E-state index contributed by atoms with van der Waals surface area (Å²) >= 11 is 5.60. The van der Waals surface area contributed by atoms with E-state index in [-0.39, 0.29) is 17.6 Å². The molecule has 0 radical (unpaired) electrons. The standard InChI is InChI=1S/C8H8BClF3O2/c1-14-5-15-8-3-2-6(4-7(8)10)9(11,12)13/h2-4H,5H2,1H3/q-1. The van der Waals surface area contributed by atoms with Crippen LogP contribution >= 0.6 is 11.6 Å². The van der Waals surface area contributed by atoms with Gasteiger partial charge in [0.25, 0.3) is 0 Å². The highest BCUT2D eigenvalue weighted by molar-refractivity contribution is 6.73. The molecule has 15 heavy (non-hydrogen) atoms. The molecule has 0 aromatic heterocycles. The van der Waals surface area contributed by atoms with Gasteiger partial charge in [0.2, 0.25) is 0 Å². The van der Waals surface area contributed by atoms with Crippen LogP contribution in [0, 0.1) is 0 Å². The third-order valence-corrected chi connectivity index (χ3v) is 1.96. The topological polar surface area (TPSA) is 18.5 Å². The lowest BCUT2D eigenvalue weighted by Gasteiger charge is -2.16. The molecule has 0 spiro atoms. The Morgan fingerprint density at radius 1 is 1.33 bits per heavy atom. The molecule has 0 atom stereocenters. The van der Waals surface area contributed by atoms with Crippen LogP contribution in [0.5, 0.6) is 5.75 Å². The van der Waals surface area contributed by atoms with Crippen LogP contribution in [0.1, 0.15) is 0 Å². The Morgan fingerprint density at radius 2 is 2.00 bits per heavy atom. The van der Waals surface area contributed by atoms with Gasteiger partial charge in [-0.1, -0.05) is 23.7 Å². The Morgan fingerprint density at radius 3 is 2.47 bits per heavy atom. The fraction of sp³-hybridized carbons (Fsp3) is 0.250. The second-order valence-corrected chi connectivity index (χ2v) is 3.22. The molecule has 0 heterocycles. The van der Waals surface area contributed by atoms with Crippen molar-refractivity contribution in [2.45, 2.75) is 0 Å². The number of hydrogen-bond donors (Lipinski definition) is 0. The molecule has 1 aromatic carbocycles. The van der Waals surface area contributed by atoms with Gasteiger partial charge in [0.15, 0.2) is 6.79 Å². The molecule has 84 valence electrons. The third-order valence-electron chi connectivity index (χ3n) is 1.67. The largest absolute Gasteiger partial charge is 0.509 e. The Hall–Kier alpha value is -0.875. The van der Waals surface area contributed by atoms with Crippen molar-refractivity contribution in [1.82, 2.24) is 0 Å². The van der Waals surface area contributed by atoms with E-state index >= 15 is 0 Å². The minimum absolute atomic E-state index is 0.0593. The van der Waals surface area contributed by atoms with Gasteiger partial charge in [-0.3, -0.25) is 0 Å². The molecule has 0 N–H and O–H groups in total. The third kappa shape index (κ3) is 3.32. The van der Waals surface area contributed by atoms with E-state index < -0.39 is 12.4 Å². The summed E-state index contributed by atoms with van der Waals surface area (Å²) in [5, 5.41) is -0.0799. The van der Waals surface area contributed by atoms with Gasteiger partial charge in [-0.05, 0) is 6.07 Å². The maximum Gasteiger partial charge on any atom is 0.509 e. The highest BCUT2D eigenvalue weighted by Crippen LogP contribution is 2.24. The average molecular weight is 239 g/mol. The Kier molecular flexibility index (Phi) is 3.87. The van der Waals surface area contributed by atoms with Crippen LogP contribution in [-0.4, -0.2) is 20.9 Å². The van der Waals surface area contributed by atoms with Crippen molar-refractivity contribution in [2.75, 3.05) is 13.9 Å². The van der Waals surface area contributed by atoms with Crippen LogP contribution < -0.4 is 10.2 Å². The number of ether oxygens (including phenoxy) is 2. The number of methoxy groups -OCH3 is 1. The summed E-state index contributed by atoms with van der Waals surface area (Å²) in [6.45, 7) is -5.08. The minimum atomic E-state index is -5.03. The maximum atomic E-state index is 12.3. The lowest BCUT2D eigenvalue weighted by molar-refractivity contribution is 0.0512. The molecule has 0 fully saturated rings. The first-order valence-corrected chi connectivity index (χ1v) is 4.44. The molecule has 0 saturated carbocycles. The second-order valence-electron chi connectivity index (χ2n) is 2.82. The molecule has 0 amide bonds. The zero-order chi connectivity index (χ0) is 11.5. The van der Waals surface area contributed by atoms with E-state index in [1.54, 1.807) is 0 Å². The van der Waals surface area contributed by atoms with Gasteiger partial charge >= 0.3 is 6.98 Å². The van der Waals surface area contributed by atoms with E-state index in [1.807, 2.05) is 0 Å². The van der Waals surface area contributed by atoms with E-state index in [0.29, 0.717) is 0 Å². The summed E-state index contributed by atoms with van der Waals surface area (Å²) in [5.41, 5.74) is -0.746. The van der Waals surface area contributed by atoms with Crippen molar-refractivity contribution >= 4 is 24.0 Å². The molecule has 7 heteroatoms. The van der Waals surface area contributed by atoms with Crippen LogP contribution in [0.4, 0.5) is 12.9 Å². The van der Waals surface area contributed by atoms with E-state index in [1.165, 1.54) is 13.2 Å². The van der Waals surface area contributed by atoms with Gasteiger partial charge in [0, 0.05) is 7.11 Å². The summed E-state index contributed by atoms with van der Waals surface area (Å²) in [6, 6.07) is 2.94. The fourth-order valence-electron chi connectivity index (χ4n) is 0.960. The molecule has 0 aliphatic carbocycles. The van der Waals surface area contributed by atoms with E-state index in [2.05, 4.69) is 4.74 Å². The van der Waals surface area contributed by atoms with E-state index in [0.717, 1.165) is 12.1 Å². The van der Waals surface area contributed by atoms with Crippen LogP contribution in [0.2, 0.25) is 5.02 Å². The Labute approximate surface area is 90.0 Å². The number of halogens is 4. The van der Waals surface area contributed by atoms with Crippen molar-refractivity contribution in [3.8, 4) is 5.75 Å². The molecule has 1 aromatic rings. The van der Waals surface area contributed by atoms with Gasteiger partial charge in [-0.25, -0.2) is 0 Å². The summed E-state index contributed by atoms with van der Waals surface area (Å²) in [6.07, 6.45) is 0. The van der Waals surface area contributed by atoms with Crippen LogP contribution in [0.15, 0.2) is 18.2 Å². The van der Waals surface area contributed by atoms with Crippen molar-refractivity contribution in [3.05, 3.63) is 23.2 Å². The molecule has 0 saturated heterocycles. The monoisotopic (exact) mass is 239 g/mol. The Bertz CT molecular complexity index is 343. The first-order valence-electron chi connectivity index (χ1n) is 4.06. The van der Waals surface area contributed by atoms with Gasteiger partial charge in [0.05, 0.1) is 5.02 Å². The predicted octanol–water partition coefficient (Wildman–Crippen LogP) is 2.38. The van der Waals surface area contributed by atoms with Crippen molar-refractivity contribution in [3.63, 3.8) is 0 Å². The van der Waals surface area contributed by atoms with Gasteiger partial charge in [-0.2, -0.15) is 0 Å². The smallest absolute Gasteiger partial charge is 0.466 e. The average Bonchev–Trinajstić information content (AvgIpc) is 2.14. The van der Waals surface area contributed by atoms with Crippen molar-refractivity contribution in [1.29, 1.82) is 0 Å². The number of rotatable bonds is 4.